The standard InChI is InChI=1S/C26H31N3O3/c1-19(31)9-10-20-11-13-21(14-12-20)25-23-17-28(15-5-6-16-29(23)24(25)18-30)26(32)27-22-7-3-2-4-8-22/h2-4,7-8,11-14,19,23-25,30-31H,5-6,15-18H2,1H3,(H,27,32)/t19-,23-,24+,25+/m0/s1. The summed E-state index contributed by atoms with van der Waals surface area (Å²) in [4.78, 5) is 17.3. The van der Waals surface area contributed by atoms with Gasteiger partial charge in [-0.05, 0) is 56.1 Å². The molecule has 6 nitrogen and oxygen atoms in total. The molecule has 2 amide bonds. The number of nitrogens with zero attached hydrogens (tertiary/aromatic N) is 2. The fraction of sp³-hybridized carbons (Fsp3) is 0.423. The molecule has 0 aliphatic carbocycles. The number of carbonyl (C=O) groups excluding carboxylic acids is 1. The molecule has 2 aromatic rings. The first-order chi connectivity index (χ1) is 15.6. The van der Waals surface area contributed by atoms with Crippen LogP contribution in [0.4, 0.5) is 10.5 Å². The predicted molar refractivity (Wildman–Crippen MR) is 125 cm³/mol. The van der Waals surface area contributed by atoms with Gasteiger partial charge in [-0.25, -0.2) is 4.79 Å². The second kappa shape index (κ2) is 10.2. The number of hydrogen-bond acceptors (Lipinski definition) is 4. The van der Waals surface area contributed by atoms with E-state index in [4.69, 9.17) is 0 Å². The number of carbonyl (C=O) groups is 1. The zero-order valence-electron chi connectivity index (χ0n) is 18.4. The molecule has 4 atom stereocenters. The normalized spacial score (nSPS) is 24.1. The van der Waals surface area contributed by atoms with Crippen LogP contribution >= 0.6 is 0 Å². The first kappa shape index (κ1) is 22.3. The van der Waals surface area contributed by atoms with Crippen LogP contribution in [0, 0.1) is 11.8 Å². The molecule has 2 aliphatic rings. The number of aliphatic hydroxyl groups excluding tert-OH is 2. The van der Waals surface area contributed by atoms with Gasteiger partial charge in [0, 0.05) is 42.3 Å². The summed E-state index contributed by atoms with van der Waals surface area (Å²) in [5, 5.41) is 22.5. The Kier molecular flexibility index (Phi) is 7.11. The van der Waals surface area contributed by atoms with E-state index in [1.807, 2.05) is 47.4 Å². The van der Waals surface area contributed by atoms with Crippen LogP contribution in [0.3, 0.4) is 0 Å². The molecular formula is C26H31N3O3. The van der Waals surface area contributed by atoms with Crippen molar-refractivity contribution in [2.45, 2.75) is 43.9 Å². The number of hydrogen-bond donors (Lipinski definition) is 3. The molecule has 2 aliphatic heterocycles. The van der Waals surface area contributed by atoms with Gasteiger partial charge in [0.25, 0.3) is 0 Å². The number of nitrogens with one attached hydrogen (secondary N) is 1. The Bertz CT molecular complexity index is 965. The van der Waals surface area contributed by atoms with E-state index in [0.29, 0.717) is 6.54 Å². The van der Waals surface area contributed by atoms with Crippen molar-refractivity contribution in [1.29, 1.82) is 0 Å². The van der Waals surface area contributed by atoms with Gasteiger partial charge in [0.15, 0.2) is 0 Å². The summed E-state index contributed by atoms with van der Waals surface area (Å²) in [5.41, 5.74) is 2.80. The van der Waals surface area contributed by atoms with Crippen molar-refractivity contribution in [3.8, 4) is 11.8 Å². The lowest BCUT2D eigenvalue weighted by molar-refractivity contribution is -0.0585. The SMILES string of the molecule is C[C@H](O)C#Cc1ccc([C@H]2[C@@H](CO)N3CCCCN(C(=O)Nc4ccccc4)C[C@@H]23)cc1. The number of amides is 2. The minimum absolute atomic E-state index is 0.0616. The van der Waals surface area contributed by atoms with Gasteiger partial charge in [0.1, 0.15) is 6.10 Å². The minimum atomic E-state index is -0.656. The highest BCUT2D eigenvalue weighted by Gasteiger charge is 2.49. The molecule has 0 bridgehead atoms. The third-order valence-electron chi connectivity index (χ3n) is 6.40. The molecule has 2 fully saturated rings. The summed E-state index contributed by atoms with van der Waals surface area (Å²) < 4.78 is 0. The molecule has 2 aromatic carbocycles. The largest absolute Gasteiger partial charge is 0.395 e. The number of anilines is 1. The van der Waals surface area contributed by atoms with Gasteiger partial charge in [-0.15, -0.1) is 0 Å². The molecular weight excluding hydrogens is 402 g/mol. The highest BCUT2D eigenvalue weighted by molar-refractivity contribution is 5.89. The average Bonchev–Trinajstić information content (AvgIpc) is 2.78. The van der Waals surface area contributed by atoms with Crippen molar-refractivity contribution in [2.75, 3.05) is 31.6 Å². The fourth-order valence-corrected chi connectivity index (χ4v) is 4.83. The second-order valence-electron chi connectivity index (χ2n) is 8.60. The van der Waals surface area contributed by atoms with E-state index in [-0.39, 0.29) is 30.6 Å². The average molecular weight is 434 g/mol. The third kappa shape index (κ3) is 4.97. The molecule has 168 valence electrons. The van der Waals surface area contributed by atoms with Crippen molar-refractivity contribution in [3.63, 3.8) is 0 Å². The quantitative estimate of drug-likeness (QED) is 0.651. The number of benzene rings is 2. The minimum Gasteiger partial charge on any atom is -0.395 e. The van der Waals surface area contributed by atoms with Crippen molar-refractivity contribution in [2.24, 2.45) is 0 Å². The lowest BCUT2D eigenvalue weighted by Crippen LogP contribution is -2.68. The molecule has 32 heavy (non-hydrogen) atoms. The zero-order valence-corrected chi connectivity index (χ0v) is 18.4. The highest BCUT2D eigenvalue weighted by Crippen LogP contribution is 2.42. The van der Waals surface area contributed by atoms with Gasteiger partial charge in [-0.3, -0.25) is 4.90 Å². The van der Waals surface area contributed by atoms with Gasteiger partial charge in [-0.1, -0.05) is 42.2 Å². The van der Waals surface area contributed by atoms with E-state index in [1.54, 1.807) is 6.92 Å². The van der Waals surface area contributed by atoms with Crippen molar-refractivity contribution in [1.82, 2.24) is 9.80 Å². The molecule has 0 unspecified atom stereocenters. The zero-order chi connectivity index (χ0) is 22.5. The maximum atomic E-state index is 13.0. The number of urea groups is 1. The molecule has 4 rings (SSSR count). The van der Waals surface area contributed by atoms with Crippen LogP contribution in [0.2, 0.25) is 0 Å². The number of fused-ring (bicyclic) bond motifs is 1. The summed E-state index contributed by atoms with van der Waals surface area (Å²) in [6.07, 6.45) is 1.30. The van der Waals surface area contributed by atoms with Gasteiger partial charge < -0.3 is 20.4 Å². The maximum absolute atomic E-state index is 13.0. The molecule has 2 heterocycles. The first-order valence-corrected chi connectivity index (χ1v) is 11.3. The Morgan fingerprint density at radius 1 is 1.12 bits per heavy atom. The Morgan fingerprint density at radius 2 is 1.84 bits per heavy atom. The third-order valence-corrected chi connectivity index (χ3v) is 6.40. The van der Waals surface area contributed by atoms with Gasteiger partial charge in [-0.2, -0.15) is 0 Å². The van der Waals surface area contributed by atoms with Crippen LogP contribution in [0.25, 0.3) is 0 Å². The van der Waals surface area contributed by atoms with E-state index in [1.165, 1.54) is 0 Å². The van der Waals surface area contributed by atoms with Crippen LogP contribution in [0.5, 0.6) is 0 Å². The van der Waals surface area contributed by atoms with Crippen LogP contribution in [-0.4, -0.2) is 70.5 Å². The van der Waals surface area contributed by atoms with E-state index in [9.17, 15) is 15.0 Å². The highest BCUT2D eigenvalue weighted by atomic mass is 16.3. The molecule has 0 radical (unpaired) electrons. The smallest absolute Gasteiger partial charge is 0.321 e. The van der Waals surface area contributed by atoms with Crippen LogP contribution in [0.1, 0.15) is 36.8 Å². The van der Waals surface area contributed by atoms with Gasteiger partial charge in [0.2, 0.25) is 0 Å². The Morgan fingerprint density at radius 3 is 2.53 bits per heavy atom. The Labute approximate surface area is 189 Å². The molecule has 2 saturated heterocycles. The summed E-state index contributed by atoms with van der Waals surface area (Å²) >= 11 is 0. The number of aliphatic hydroxyl groups is 2. The first-order valence-electron chi connectivity index (χ1n) is 11.3. The number of rotatable bonds is 3. The summed E-state index contributed by atoms with van der Waals surface area (Å²) in [5.74, 6) is 5.89. The molecule has 6 heteroatoms. The molecule has 0 aromatic heterocycles. The predicted octanol–water partition coefficient (Wildman–Crippen LogP) is 2.88. The summed E-state index contributed by atoms with van der Waals surface area (Å²) in [7, 11) is 0. The monoisotopic (exact) mass is 433 g/mol. The van der Waals surface area contributed by atoms with E-state index >= 15 is 0 Å². The van der Waals surface area contributed by atoms with Crippen molar-refractivity contribution in [3.05, 3.63) is 65.7 Å². The van der Waals surface area contributed by atoms with Gasteiger partial charge >= 0.3 is 6.03 Å². The molecule has 3 N–H and O–H groups in total. The molecule has 0 saturated carbocycles. The lowest BCUT2D eigenvalue weighted by Gasteiger charge is -2.57. The summed E-state index contributed by atoms with van der Waals surface area (Å²) in [6.45, 7) is 4.04. The Hall–Kier alpha value is -2.85. The Balaban J connectivity index is 1.51. The topological polar surface area (TPSA) is 76.0 Å². The fourth-order valence-electron chi connectivity index (χ4n) is 4.83. The van der Waals surface area contributed by atoms with Crippen molar-refractivity contribution < 1.29 is 15.0 Å². The lowest BCUT2D eigenvalue weighted by atomic mass is 9.74. The number of para-hydroxylation sites is 1. The second-order valence-corrected chi connectivity index (χ2v) is 8.60. The van der Waals surface area contributed by atoms with Crippen LogP contribution < -0.4 is 5.32 Å². The molecule has 0 spiro atoms. The van der Waals surface area contributed by atoms with Crippen LogP contribution in [-0.2, 0) is 0 Å². The van der Waals surface area contributed by atoms with E-state index in [2.05, 4.69) is 34.2 Å². The van der Waals surface area contributed by atoms with Crippen molar-refractivity contribution >= 4 is 11.7 Å². The van der Waals surface area contributed by atoms with Gasteiger partial charge in [0.05, 0.1) is 6.61 Å². The van der Waals surface area contributed by atoms with Crippen LogP contribution in [0.15, 0.2) is 54.6 Å². The maximum Gasteiger partial charge on any atom is 0.321 e. The van der Waals surface area contributed by atoms with E-state index < -0.39 is 6.10 Å². The van der Waals surface area contributed by atoms with E-state index in [0.717, 1.165) is 42.7 Å². The summed E-state index contributed by atoms with van der Waals surface area (Å²) in [6, 6.07) is 17.7.